The zero-order valence-corrected chi connectivity index (χ0v) is 23.0. The van der Waals surface area contributed by atoms with Crippen molar-refractivity contribution in [2.75, 3.05) is 16.2 Å². The topological polar surface area (TPSA) is 83.6 Å². The monoisotopic (exact) mass is 548 g/mol. The second-order valence-corrected chi connectivity index (χ2v) is 11.4. The molecule has 7 heteroatoms. The molecule has 0 radical (unpaired) electrons. The Morgan fingerprint density at radius 2 is 1.32 bits per heavy atom. The Morgan fingerprint density at radius 1 is 0.700 bits per heavy atom. The molecule has 5 rings (SSSR count). The zero-order valence-electron chi connectivity index (χ0n) is 22.2. The third kappa shape index (κ3) is 5.37. The molecule has 0 aliphatic heterocycles. The number of anilines is 2. The number of carbonyl (C=O) groups excluding carboxylic acids is 2. The average Bonchev–Trinajstić information content (AvgIpc) is 2.97. The van der Waals surface area contributed by atoms with Crippen molar-refractivity contribution in [2.24, 2.45) is 0 Å². The summed E-state index contributed by atoms with van der Waals surface area (Å²) < 4.78 is 29.5. The fraction of sp³-hybridized carbons (Fsp3) is 0.0909. The van der Waals surface area contributed by atoms with Crippen LogP contribution >= 0.6 is 0 Å². The minimum atomic E-state index is -4.13. The summed E-state index contributed by atoms with van der Waals surface area (Å²) in [5.41, 5.74) is 3.63. The maximum atomic E-state index is 14.2. The van der Waals surface area contributed by atoms with E-state index in [0.717, 1.165) is 16.5 Å². The predicted molar refractivity (Wildman–Crippen MR) is 159 cm³/mol. The zero-order chi connectivity index (χ0) is 28.3. The van der Waals surface area contributed by atoms with Crippen LogP contribution in [0.25, 0.3) is 10.8 Å². The molecule has 0 saturated heterocycles. The van der Waals surface area contributed by atoms with Crippen LogP contribution < -0.4 is 9.62 Å². The summed E-state index contributed by atoms with van der Waals surface area (Å²) in [4.78, 5) is 26.1. The quantitative estimate of drug-likeness (QED) is 0.224. The van der Waals surface area contributed by atoms with Gasteiger partial charge in [-0.15, -0.1) is 0 Å². The van der Waals surface area contributed by atoms with Gasteiger partial charge in [0, 0.05) is 22.2 Å². The van der Waals surface area contributed by atoms with Crippen molar-refractivity contribution in [1.29, 1.82) is 0 Å². The van der Waals surface area contributed by atoms with Gasteiger partial charge in [-0.2, -0.15) is 0 Å². The number of nitrogens with zero attached hydrogens (tertiary/aromatic N) is 1. The summed E-state index contributed by atoms with van der Waals surface area (Å²) >= 11 is 0. The molecule has 0 aliphatic carbocycles. The number of hydrogen-bond acceptors (Lipinski definition) is 4. The van der Waals surface area contributed by atoms with Crippen molar-refractivity contribution in [1.82, 2.24) is 0 Å². The first kappa shape index (κ1) is 26.8. The molecule has 200 valence electrons. The molecule has 5 aromatic carbocycles. The molecule has 0 atom stereocenters. The van der Waals surface area contributed by atoms with Crippen molar-refractivity contribution >= 4 is 43.9 Å². The van der Waals surface area contributed by atoms with Crippen LogP contribution in [0.3, 0.4) is 0 Å². The van der Waals surface area contributed by atoms with E-state index in [4.69, 9.17) is 0 Å². The highest BCUT2D eigenvalue weighted by Crippen LogP contribution is 2.32. The van der Waals surface area contributed by atoms with Gasteiger partial charge in [0.1, 0.15) is 6.54 Å². The van der Waals surface area contributed by atoms with E-state index >= 15 is 0 Å². The third-order valence-corrected chi connectivity index (χ3v) is 8.73. The first-order valence-electron chi connectivity index (χ1n) is 12.8. The molecule has 0 saturated carbocycles. The first-order valence-corrected chi connectivity index (χ1v) is 14.3. The first-order chi connectivity index (χ1) is 19.3. The smallest absolute Gasteiger partial charge is 0.265 e. The molecule has 0 bridgehead atoms. The van der Waals surface area contributed by atoms with Crippen LogP contribution in [0.2, 0.25) is 0 Å². The number of carbonyl (C=O) groups is 2. The third-order valence-electron chi connectivity index (χ3n) is 6.92. The number of benzene rings is 5. The molecular formula is C33H28N2O4S. The number of aryl methyl sites for hydroxylation is 1. The second kappa shape index (κ2) is 11.2. The molecule has 0 aliphatic rings. The SMILES string of the molecule is Cc1cccc(N(CC(=O)Nc2ccc(C(=O)c3ccccc3)cc2)S(=O)(=O)c2cccc3ccccc23)c1C. The molecule has 0 heterocycles. The molecule has 0 fully saturated rings. The lowest BCUT2D eigenvalue weighted by Crippen LogP contribution is -2.38. The van der Waals surface area contributed by atoms with Crippen molar-refractivity contribution in [3.63, 3.8) is 0 Å². The molecule has 0 spiro atoms. The second-order valence-electron chi connectivity index (χ2n) is 9.53. The van der Waals surface area contributed by atoms with Crippen molar-refractivity contribution < 1.29 is 18.0 Å². The summed E-state index contributed by atoms with van der Waals surface area (Å²) in [7, 11) is -4.13. The minimum absolute atomic E-state index is 0.124. The average molecular weight is 549 g/mol. The van der Waals surface area contributed by atoms with Crippen molar-refractivity contribution in [2.45, 2.75) is 18.7 Å². The van der Waals surface area contributed by atoms with Gasteiger partial charge in [-0.1, -0.05) is 78.9 Å². The number of ketones is 1. The van der Waals surface area contributed by atoms with E-state index in [1.165, 1.54) is 4.31 Å². The highest BCUT2D eigenvalue weighted by atomic mass is 32.2. The fourth-order valence-corrected chi connectivity index (χ4v) is 6.33. The van der Waals surface area contributed by atoms with Crippen LogP contribution in [0.4, 0.5) is 11.4 Å². The van der Waals surface area contributed by atoms with E-state index < -0.39 is 22.5 Å². The van der Waals surface area contributed by atoms with Crippen LogP contribution in [-0.4, -0.2) is 26.7 Å². The molecular weight excluding hydrogens is 520 g/mol. The normalized spacial score (nSPS) is 11.2. The van der Waals surface area contributed by atoms with Gasteiger partial charge in [-0.05, 0) is 66.8 Å². The van der Waals surface area contributed by atoms with Crippen molar-refractivity contribution in [3.05, 3.63) is 138 Å². The Morgan fingerprint density at radius 3 is 2.08 bits per heavy atom. The Labute approximate surface area is 234 Å². The fourth-order valence-electron chi connectivity index (χ4n) is 4.64. The highest BCUT2D eigenvalue weighted by Gasteiger charge is 2.30. The van der Waals surface area contributed by atoms with Gasteiger partial charge >= 0.3 is 0 Å². The van der Waals surface area contributed by atoms with E-state index in [0.29, 0.717) is 27.9 Å². The number of sulfonamides is 1. The Kier molecular flexibility index (Phi) is 7.49. The van der Waals surface area contributed by atoms with Gasteiger partial charge in [0.15, 0.2) is 5.78 Å². The lowest BCUT2D eigenvalue weighted by atomic mass is 10.0. The molecule has 5 aromatic rings. The summed E-state index contributed by atoms with van der Waals surface area (Å²) in [5, 5.41) is 4.16. The maximum Gasteiger partial charge on any atom is 0.265 e. The van der Waals surface area contributed by atoms with Crippen molar-refractivity contribution in [3.8, 4) is 0 Å². The van der Waals surface area contributed by atoms with Gasteiger partial charge < -0.3 is 5.32 Å². The maximum absolute atomic E-state index is 14.2. The summed E-state index contributed by atoms with van der Waals surface area (Å²) in [6.45, 7) is 3.32. The number of amides is 1. The summed E-state index contributed by atoms with van der Waals surface area (Å²) in [5.74, 6) is -0.632. The van der Waals surface area contributed by atoms with Gasteiger partial charge in [-0.25, -0.2) is 8.42 Å². The van der Waals surface area contributed by atoms with Crippen LogP contribution in [0.5, 0.6) is 0 Å². The van der Waals surface area contributed by atoms with E-state index in [1.54, 1.807) is 84.9 Å². The number of hydrogen-bond donors (Lipinski definition) is 1. The van der Waals surface area contributed by atoms with Crippen LogP contribution in [0.15, 0.2) is 120 Å². The molecule has 1 N–H and O–H groups in total. The summed E-state index contributed by atoms with van der Waals surface area (Å²) in [6.07, 6.45) is 0. The number of rotatable bonds is 8. The van der Waals surface area contributed by atoms with Crippen LogP contribution in [0.1, 0.15) is 27.0 Å². The number of nitrogens with one attached hydrogen (secondary N) is 1. The lowest BCUT2D eigenvalue weighted by Gasteiger charge is -2.27. The van der Waals surface area contributed by atoms with Gasteiger partial charge in [0.05, 0.1) is 10.6 Å². The molecule has 40 heavy (non-hydrogen) atoms. The van der Waals surface area contributed by atoms with E-state index in [9.17, 15) is 18.0 Å². The van der Waals surface area contributed by atoms with Gasteiger partial charge in [-0.3, -0.25) is 13.9 Å². The molecule has 0 aromatic heterocycles. The summed E-state index contributed by atoms with van der Waals surface area (Å²) in [6, 6.07) is 33.3. The predicted octanol–water partition coefficient (Wildman–Crippen LogP) is 6.52. The Hall–Kier alpha value is -4.75. The lowest BCUT2D eigenvalue weighted by molar-refractivity contribution is -0.114. The van der Waals surface area contributed by atoms with E-state index in [-0.39, 0.29) is 10.7 Å². The highest BCUT2D eigenvalue weighted by molar-refractivity contribution is 7.93. The van der Waals surface area contributed by atoms with Crippen LogP contribution in [0, 0.1) is 13.8 Å². The van der Waals surface area contributed by atoms with E-state index in [2.05, 4.69) is 5.32 Å². The largest absolute Gasteiger partial charge is 0.325 e. The molecule has 0 unspecified atom stereocenters. The van der Waals surface area contributed by atoms with Gasteiger partial charge in [0.2, 0.25) is 5.91 Å². The standard InChI is InChI=1S/C33H28N2O4S/c1-23-10-8-16-30(24(23)2)35(40(38,39)31-17-9-14-25-11-6-7-15-29(25)31)22-32(36)34-28-20-18-27(19-21-28)33(37)26-12-4-3-5-13-26/h3-21H,22H2,1-2H3,(H,34,36). The van der Waals surface area contributed by atoms with E-state index in [1.807, 2.05) is 44.2 Å². The number of fused-ring (bicyclic) bond motifs is 1. The molecule has 6 nitrogen and oxygen atoms in total. The van der Waals surface area contributed by atoms with Gasteiger partial charge in [0.25, 0.3) is 10.0 Å². The molecule has 1 amide bonds. The Balaban J connectivity index is 1.45. The Bertz CT molecular complexity index is 1810. The minimum Gasteiger partial charge on any atom is -0.325 e. The van der Waals surface area contributed by atoms with Crippen LogP contribution in [-0.2, 0) is 14.8 Å².